The molecule has 0 aromatic heterocycles. The summed E-state index contributed by atoms with van der Waals surface area (Å²) in [6.45, 7) is 3.01. The second kappa shape index (κ2) is 5.81. The van der Waals surface area contributed by atoms with Gasteiger partial charge in [0.1, 0.15) is 13.2 Å². The van der Waals surface area contributed by atoms with Crippen molar-refractivity contribution in [1.82, 2.24) is 0 Å². The van der Waals surface area contributed by atoms with Crippen LogP contribution in [-0.2, 0) is 23.8 Å². The second-order valence-corrected chi connectivity index (χ2v) is 3.74. The topological polar surface area (TPSA) is 66.3 Å². The van der Waals surface area contributed by atoms with E-state index in [0.717, 1.165) is 4.90 Å². The summed E-state index contributed by atoms with van der Waals surface area (Å²) in [6, 6.07) is -0.545. The van der Waals surface area contributed by atoms with Crippen molar-refractivity contribution in [1.29, 1.82) is 0 Å². The lowest BCUT2D eigenvalue weighted by molar-refractivity contribution is -0.787. The zero-order chi connectivity index (χ0) is 12.1. The summed E-state index contributed by atoms with van der Waals surface area (Å²) in [6.07, 6.45) is 0. The molecule has 6 nitrogen and oxygen atoms in total. The van der Waals surface area contributed by atoms with Gasteiger partial charge >= 0.3 is 11.9 Å². The van der Waals surface area contributed by atoms with Crippen LogP contribution in [0.15, 0.2) is 0 Å². The number of esters is 2. The Balaban J connectivity index is 2.27. The minimum absolute atomic E-state index is 0.231. The van der Waals surface area contributed by atoms with Gasteiger partial charge in [-0.3, -0.25) is 0 Å². The zero-order valence-electron chi connectivity index (χ0n) is 9.82. The Kier molecular flexibility index (Phi) is 4.70. The highest BCUT2D eigenvalue weighted by Crippen LogP contribution is 1.97. The summed E-state index contributed by atoms with van der Waals surface area (Å²) in [5, 5.41) is 0. The van der Waals surface area contributed by atoms with Gasteiger partial charge in [-0.05, 0) is 6.92 Å². The predicted octanol–water partition coefficient (Wildman–Crippen LogP) is -2.00. The minimum atomic E-state index is -0.315. The van der Waals surface area contributed by atoms with E-state index in [0.29, 0.717) is 13.2 Å². The molecule has 0 aliphatic carbocycles. The highest BCUT2D eigenvalue weighted by atomic mass is 16.6. The monoisotopic (exact) mass is 232 g/mol. The Morgan fingerprint density at radius 1 is 1.38 bits per heavy atom. The number of carbonyl (C=O) groups excluding carboxylic acids is 2. The van der Waals surface area contributed by atoms with Gasteiger partial charge in [-0.15, -0.1) is 0 Å². The van der Waals surface area contributed by atoms with Gasteiger partial charge in [-0.2, -0.15) is 0 Å². The van der Waals surface area contributed by atoms with Crippen LogP contribution in [0.3, 0.4) is 0 Å². The van der Waals surface area contributed by atoms with Crippen molar-refractivity contribution in [3.05, 3.63) is 0 Å². The first-order chi connectivity index (χ1) is 7.61. The molecule has 1 aliphatic heterocycles. The van der Waals surface area contributed by atoms with Crippen molar-refractivity contribution in [2.24, 2.45) is 0 Å². The van der Waals surface area contributed by atoms with Gasteiger partial charge in [0.2, 0.25) is 6.04 Å². The Bertz CT molecular complexity index is 268. The van der Waals surface area contributed by atoms with Crippen molar-refractivity contribution in [2.45, 2.75) is 19.0 Å². The fourth-order valence-electron chi connectivity index (χ4n) is 1.54. The van der Waals surface area contributed by atoms with Crippen molar-refractivity contribution in [3.8, 4) is 0 Å². The van der Waals surface area contributed by atoms with E-state index in [1.54, 1.807) is 14.0 Å². The average Bonchev–Trinajstić information content (AvgIpc) is 3.07. The van der Waals surface area contributed by atoms with E-state index < -0.39 is 0 Å². The third kappa shape index (κ3) is 3.18. The molecule has 3 atom stereocenters. The number of quaternary nitrogens is 1. The Hall–Kier alpha value is -1.14. The van der Waals surface area contributed by atoms with Crippen LogP contribution in [0.5, 0.6) is 0 Å². The maximum atomic E-state index is 11.5. The van der Waals surface area contributed by atoms with Crippen molar-refractivity contribution in [3.63, 3.8) is 0 Å². The molecule has 0 saturated carbocycles. The van der Waals surface area contributed by atoms with Crippen molar-refractivity contribution >= 4 is 11.9 Å². The zero-order valence-corrected chi connectivity index (χ0v) is 9.82. The van der Waals surface area contributed by atoms with Crippen LogP contribution >= 0.6 is 0 Å². The fourth-order valence-corrected chi connectivity index (χ4v) is 1.54. The molecule has 0 aromatic carbocycles. The molecule has 16 heavy (non-hydrogen) atoms. The molecule has 0 amide bonds. The van der Waals surface area contributed by atoms with E-state index in [4.69, 9.17) is 9.47 Å². The number of hydrogen-bond donors (Lipinski definition) is 1. The highest BCUT2D eigenvalue weighted by molar-refractivity contribution is 5.78. The number of nitrogens with one attached hydrogen (secondary N) is 1. The maximum Gasteiger partial charge on any atom is 0.371 e. The molecule has 1 saturated heterocycles. The van der Waals surface area contributed by atoms with Gasteiger partial charge < -0.3 is 19.1 Å². The molecule has 6 heteroatoms. The summed E-state index contributed by atoms with van der Waals surface area (Å²) >= 11 is 0. The quantitative estimate of drug-likeness (QED) is 0.326. The lowest BCUT2D eigenvalue weighted by Crippen LogP contribution is -3.01. The van der Waals surface area contributed by atoms with Gasteiger partial charge in [0.25, 0.3) is 0 Å². The standard InChI is InChI=1S/C10H17NO5/c1-7(9(12)15-3)11-6-8(11)10(13)16-5-4-14-2/h7-8H,4-6H2,1-3H3/p+1/t7-,8-,11?/m0/s1. The molecule has 1 rings (SSSR count). The van der Waals surface area contributed by atoms with Crippen LogP contribution in [-0.4, -0.2) is 58.0 Å². The van der Waals surface area contributed by atoms with Crippen LogP contribution < -0.4 is 4.90 Å². The first-order valence-electron chi connectivity index (χ1n) is 5.20. The van der Waals surface area contributed by atoms with Gasteiger partial charge in [0.15, 0.2) is 6.04 Å². The van der Waals surface area contributed by atoms with Gasteiger partial charge in [-0.25, -0.2) is 9.59 Å². The van der Waals surface area contributed by atoms with Crippen LogP contribution in [0, 0.1) is 0 Å². The Labute approximate surface area is 94.4 Å². The third-order valence-corrected chi connectivity index (χ3v) is 2.65. The van der Waals surface area contributed by atoms with E-state index in [1.807, 2.05) is 0 Å². The Morgan fingerprint density at radius 3 is 2.62 bits per heavy atom. The molecule has 1 heterocycles. The lowest BCUT2D eigenvalue weighted by atomic mass is 10.3. The van der Waals surface area contributed by atoms with Crippen LogP contribution in [0.25, 0.3) is 0 Å². The summed E-state index contributed by atoms with van der Waals surface area (Å²) in [5.74, 6) is -0.579. The summed E-state index contributed by atoms with van der Waals surface area (Å²) in [7, 11) is 2.88. The van der Waals surface area contributed by atoms with Gasteiger partial charge in [0.05, 0.1) is 13.7 Å². The van der Waals surface area contributed by atoms with Crippen LogP contribution in [0.2, 0.25) is 0 Å². The van der Waals surface area contributed by atoms with E-state index in [1.165, 1.54) is 7.11 Å². The average molecular weight is 232 g/mol. The Morgan fingerprint density at radius 2 is 2.06 bits per heavy atom. The van der Waals surface area contributed by atoms with Crippen molar-refractivity contribution < 1.29 is 28.7 Å². The second-order valence-electron chi connectivity index (χ2n) is 3.74. The normalized spacial score (nSPS) is 24.7. The van der Waals surface area contributed by atoms with Crippen LogP contribution in [0.4, 0.5) is 0 Å². The SMILES string of the molecule is COCCOC(=O)[C@@H]1C[NH+]1[C@@H](C)C(=O)OC. The number of hydrogen-bond acceptors (Lipinski definition) is 5. The van der Waals surface area contributed by atoms with E-state index in [9.17, 15) is 9.59 Å². The molecule has 1 fully saturated rings. The summed E-state index contributed by atoms with van der Waals surface area (Å²) in [5.41, 5.74) is 0. The molecule has 92 valence electrons. The van der Waals surface area contributed by atoms with E-state index in [2.05, 4.69) is 4.74 Å². The smallest absolute Gasteiger partial charge is 0.371 e. The molecular weight excluding hydrogens is 214 g/mol. The molecule has 0 spiro atoms. The summed E-state index contributed by atoms with van der Waals surface area (Å²) < 4.78 is 14.3. The molecule has 0 bridgehead atoms. The third-order valence-electron chi connectivity index (χ3n) is 2.65. The van der Waals surface area contributed by atoms with Gasteiger partial charge in [-0.1, -0.05) is 0 Å². The molecule has 0 aromatic rings. The van der Waals surface area contributed by atoms with E-state index in [-0.39, 0.29) is 30.6 Å². The number of rotatable bonds is 6. The van der Waals surface area contributed by atoms with Gasteiger partial charge in [0, 0.05) is 7.11 Å². The number of ether oxygens (including phenoxy) is 3. The summed E-state index contributed by atoms with van der Waals surface area (Å²) in [4.78, 5) is 23.6. The molecule has 1 N–H and O–H groups in total. The highest BCUT2D eigenvalue weighted by Gasteiger charge is 2.53. The fraction of sp³-hybridized carbons (Fsp3) is 0.800. The lowest BCUT2D eigenvalue weighted by Gasteiger charge is -2.07. The molecule has 1 aliphatic rings. The number of carbonyl (C=O) groups is 2. The maximum absolute atomic E-state index is 11.5. The first-order valence-corrected chi connectivity index (χ1v) is 5.20. The molecule has 1 unspecified atom stereocenters. The molecular formula is C10H18NO5+. The first kappa shape index (κ1) is 12.9. The minimum Gasteiger partial charge on any atom is -0.465 e. The van der Waals surface area contributed by atoms with Crippen LogP contribution in [0.1, 0.15) is 6.92 Å². The van der Waals surface area contributed by atoms with E-state index >= 15 is 0 Å². The van der Waals surface area contributed by atoms with Crippen molar-refractivity contribution in [2.75, 3.05) is 34.0 Å². The predicted molar refractivity (Wildman–Crippen MR) is 53.9 cm³/mol. The molecule has 0 radical (unpaired) electrons. The number of methoxy groups -OCH3 is 2. The largest absolute Gasteiger partial charge is 0.465 e.